The van der Waals surface area contributed by atoms with E-state index in [0.29, 0.717) is 27.8 Å². The number of hydrogen-bond acceptors (Lipinski definition) is 4. The van der Waals surface area contributed by atoms with Crippen LogP contribution in [-0.2, 0) is 4.74 Å². The second kappa shape index (κ2) is 5.88. The minimum Gasteiger partial charge on any atom is -0.465 e. The van der Waals surface area contributed by atoms with E-state index in [1.807, 2.05) is 0 Å². The predicted molar refractivity (Wildman–Crippen MR) is 88.1 cm³/mol. The fourth-order valence-electron chi connectivity index (χ4n) is 2.84. The van der Waals surface area contributed by atoms with Gasteiger partial charge in [-0.1, -0.05) is 6.07 Å². The molecule has 0 aliphatic rings. The molecule has 2 aromatic heterocycles. The van der Waals surface area contributed by atoms with Crippen molar-refractivity contribution in [3.63, 3.8) is 0 Å². The van der Waals surface area contributed by atoms with Crippen LogP contribution in [0.1, 0.15) is 21.7 Å². The van der Waals surface area contributed by atoms with Crippen molar-refractivity contribution in [3.05, 3.63) is 69.7 Å². The maximum atomic E-state index is 13.5. The maximum absolute atomic E-state index is 13.5. The van der Waals surface area contributed by atoms with Crippen molar-refractivity contribution in [1.29, 1.82) is 0 Å². The highest BCUT2D eigenvalue weighted by molar-refractivity contribution is 6.05. The first-order valence-electron chi connectivity index (χ1n) is 7.31. The highest BCUT2D eigenvalue weighted by Gasteiger charge is 2.19. The van der Waals surface area contributed by atoms with Gasteiger partial charge in [-0.05, 0) is 38.1 Å². The third-order valence-electron chi connectivity index (χ3n) is 3.90. The molecule has 0 N–H and O–H groups in total. The number of fused-ring (bicyclic) bond motifs is 1. The van der Waals surface area contributed by atoms with Crippen LogP contribution < -0.4 is 5.56 Å². The van der Waals surface area contributed by atoms with Crippen LogP contribution in [0.2, 0.25) is 0 Å². The fourth-order valence-corrected chi connectivity index (χ4v) is 2.84. The van der Waals surface area contributed by atoms with Crippen LogP contribution in [0, 0.1) is 19.7 Å². The molecule has 3 rings (SSSR count). The molecule has 2 heterocycles. The van der Waals surface area contributed by atoms with E-state index >= 15 is 0 Å². The summed E-state index contributed by atoms with van der Waals surface area (Å²) in [6, 6.07) is 7.39. The Hall–Kier alpha value is -3.02. The molecular weight excluding hydrogens is 311 g/mol. The third-order valence-corrected chi connectivity index (χ3v) is 3.90. The molecule has 0 radical (unpaired) electrons. The Bertz CT molecular complexity index is 1020. The zero-order valence-corrected chi connectivity index (χ0v) is 13.5. The van der Waals surface area contributed by atoms with Crippen LogP contribution in [0.3, 0.4) is 0 Å². The lowest BCUT2D eigenvalue weighted by Gasteiger charge is -2.12. The molecular formula is C18H15FN2O3. The highest BCUT2D eigenvalue weighted by Crippen LogP contribution is 2.22. The van der Waals surface area contributed by atoms with Gasteiger partial charge in [0.25, 0.3) is 5.56 Å². The first-order valence-corrected chi connectivity index (χ1v) is 7.31. The van der Waals surface area contributed by atoms with Crippen LogP contribution in [0.15, 0.2) is 41.3 Å². The number of rotatable bonds is 2. The standard InChI is InChI=1S/C18H15FN2O3/c1-10-15-14(16(11(2)20-10)18(23)24-3)7-8-21(17(15)22)13-6-4-5-12(19)9-13/h4-9H,1-3H3. The molecule has 0 aliphatic heterocycles. The molecule has 0 saturated carbocycles. The molecule has 0 atom stereocenters. The van der Waals surface area contributed by atoms with Crippen molar-refractivity contribution in [2.45, 2.75) is 13.8 Å². The van der Waals surface area contributed by atoms with Gasteiger partial charge in [0.1, 0.15) is 5.82 Å². The molecule has 24 heavy (non-hydrogen) atoms. The second-order valence-corrected chi connectivity index (χ2v) is 5.41. The Labute approximate surface area is 137 Å². The van der Waals surface area contributed by atoms with Gasteiger partial charge >= 0.3 is 5.97 Å². The molecule has 0 fully saturated rings. The average molecular weight is 326 g/mol. The van der Waals surface area contributed by atoms with E-state index in [1.54, 1.807) is 26.0 Å². The van der Waals surface area contributed by atoms with E-state index in [1.165, 1.54) is 36.1 Å². The summed E-state index contributed by atoms with van der Waals surface area (Å²) < 4.78 is 19.6. The van der Waals surface area contributed by atoms with E-state index in [0.717, 1.165) is 0 Å². The summed E-state index contributed by atoms with van der Waals surface area (Å²) in [5.74, 6) is -0.985. The van der Waals surface area contributed by atoms with E-state index in [2.05, 4.69) is 4.98 Å². The third kappa shape index (κ3) is 2.46. The number of benzene rings is 1. The average Bonchev–Trinajstić information content (AvgIpc) is 2.54. The Morgan fingerprint density at radius 1 is 1.21 bits per heavy atom. The van der Waals surface area contributed by atoms with Crippen molar-refractivity contribution in [2.24, 2.45) is 0 Å². The van der Waals surface area contributed by atoms with Crippen molar-refractivity contribution in [1.82, 2.24) is 9.55 Å². The molecule has 3 aromatic rings. The van der Waals surface area contributed by atoms with Crippen molar-refractivity contribution in [3.8, 4) is 5.69 Å². The van der Waals surface area contributed by atoms with Crippen molar-refractivity contribution in [2.75, 3.05) is 7.11 Å². The van der Waals surface area contributed by atoms with Gasteiger partial charge in [-0.15, -0.1) is 0 Å². The van der Waals surface area contributed by atoms with Crippen LogP contribution >= 0.6 is 0 Å². The number of aryl methyl sites for hydroxylation is 2. The number of nitrogens with zero attached hydrogens (tertiary/aromatic N) is 2. The largest absolute Gasteiger partial charge is 0.465 e. The number of halogens is 1. The van der Waals surface area contributed by atoms with Crippen LogP contribution in [0.4, 0.5) is 4.39 Å². The minimum atomic E-state index is -0.548. The summed E-state index contributed by atoms with van der Waals surface area (Å²) in [6.07, 6.45) is 1.52. The van der Waals surface area contributed by atoms with E-state index in [-0.39, 0.29) is 11.1 Å². The smallest absolute Gasteiger partial charge is 0.340 e. The van der Waals surface area contributed by atoms with E-state index < -0.39 is 11.8 Å². The monoisotopic (exact) mass is 326 g/mol. The lowest BCUT2D eigenvalue weighted by Crippen LogP contribution is -2.21. The first kappa shape index (κ1) is 15.9. The Kier molecular flexibility index (Phi) is 3.89. The predicted octanol–water partition coefficient (Wildman–Crippen LogP) is 2.93. The zero-order chi connectivity index (χ0) is 17.4. The fraction of sp³-hybridized carbons (Fsp3) is 0.167. The Morgan fingerprint density at radius 2 is 1.96 bits per heavy atom. The second-order valence-electron chi connectivity index (χ2n) is 5.41. The van der Waals surface area contributed by atoms with Gasteiger partial charge in [-0.3, -0.25) is 14.3 Å². The van der Waals surface area contributed by atoms with Crippen LogP contribution in [0.25, 0.3) is 16.5 Å². The number of hydrogen-bond donors (Lipinski definition) is 0. The Morgan fingerprint density at radius 3 is 2.62 bits per heavy atom. The topological polar surface area (TPSA) is 61.2 Å². The summed E-state index contributed by atoms with van der Waals surface area (Å²) in [5, 5.41) is 0.789. The number of carbonyl (C=O) groups is 1. The van der Waals surface area contributed by atoms with Crippen LogP contribution in [-0.4, -0.2) is 22.6 Å². The summed E-state index contributed by atoms with van der Waals surface area (Å²) in [6.45, 7) is 3.39. The number of carbonyl (C=O) groups excluding carboxylic acids is 1. The molecule has 0 bridgehead atoms. The van der Waals surface area contributed by atoms with Gasteiger partial charge in [-0.25, -0.2) is 9.18 Å². The Balaban J connectivity index is 2.38. The number of pyridine rings is 2. The molecule has 0 saturated heterocycles. The van der Waals surface area contributed by atoms with Gasteiger partial charge in [0.15, 0.2) is 0 Å². The molecule has 5 nitrogen and oxygen atoms in total. The van der Waals surface area contributed by atoms with Gasteiger partial charge in [-0.2, -0.15) is 0 Å². The normalized spacial score (nSPS) is 10.8. The van der Waals surface area contributed by atoms with Gasteiger partial charge in [0.2, 0.25) is 0 Å². The molecule has 6 heteroatoms. The zero-order valence-electron chi connectivity index (χ0n) is 13.5. The summed E-state index contributed by atoms with van der Waals surface area (Å²) >= 11 is 0. The molecule has 122 valence electrons. The quantitative estimate of drug-likeness (QED) is 0.679. The summed E-state index contributed by atoms with van der Waals surface area (Å²) in [5.41, 5.74) is 1.30. The van der Waals surface area contributed by atoms with Gasteiger partial charge in [0, 0.05) is 11.6 Å². The van der Waals surface area contributed by atoms with Gasteiger partial charge in [0.05, 0.1) is 35.1 Å². The number of esters is 1. The number of aromatic nitrogens is 2. The summed E-state index contributed by atoms with van der Waals surface area (Å²) in [4.78, 5) is 29.2. The maximum Gasteiger partial charge on any atom is 0.340 e. The molecule has 1 aromatic carbocycles. The van der Waals surface area contributed by atoms with Gasteiger partial charge < -0.3 is 4.74 Å². The van der Waals surface area contributed by atoms with Crippen LogP contribution in [0.5, 0.6) is 0 Å². The molecule has 0 amide bonds. The highest BCUT2D eigenvalue weighted by atomic mass is 19.1. The lowest BCUT2D eigenvalue weighted by molar-refractivity contribution is 0.0601. The SMILES string of the molecule is COC(=O)c1c(C)nc(C)c2c(=O)n(-c3cccc(F)c3)ccc12. The molecule has 0 aliphatic carbocycles. The number of ether oxygens (including phenoxy) is 1. The molecule has 0 unspecified atom stereocenters. The van der Waals surface area contributed by atoms with Crippen molar-refractivity contribution < 1.29 is 13.9 Å². The first-order chi connectivity index (χ1) is 11.4. The minimum absolute atomic E-state index is 0.265. The van der Waals surface area contributed by atoms with E-state index in [9.17, 15) is 14.0 Å². The van der Waals surface area contributed by atoms with E-state index in [4.69, 9.17) is 4.74 Å². The molecule has 0 spiro atoms. The lowest BCUT2D eigenvalue weighted by atomic mass is 10.0. The number of methoxy groups -OCH3 is 1. The summed E-state index contributed by atoms with van der Waals surface area (Å²) in [7, 11) is 1.28. The van der Waals surface area contributed by atoms with Crippen molar-refractivity contribution >= 4 is 16.7 Å².